The molecule has 5 heteroatoms. The summed E-state index contributed by atoms with van der Waals surface area (Å²) >= 11 is 0. The zero-order valence-electron chi connectivity index (χ0n) is 12.9. The molecule has 22 heavy (non-hydrogen) atoms. The van der Waals surface area contributed by atoms with Crippen LogP contribution in [0.5, 0.6) is 5.75 Å². The van der Waals surface area contributed by atoms with Crippen LogP contribution in [-0.2, 0) is 4.79 Å². The molecule has 0 atom stereocenters. The van der Waals surface area contributed by atoms with Crippen molar-refractivity contribution in [2.24, 2.45) is 0 Å². The highest BCUT2D eigenvalue weighted by Crippen LogP contribution is 2.16. The Morgan fingerprint density at radius 2 is 1.73 bits per heavy atom. The van der Waals surface area contributed by atoms with Crippen molar-refractivity contribution < 1.29 is 14.3 Å². The monoisotopic (exact) mass is 302 g/mol. The fourth-order valence-electron chi connectivity index (χ4n) is 2.35. The van der Waals surface area contributed by atoms with Crippen LogP contribution in [0.3, 0.4) is 0 Å². The zero-order valence-corrected chi connectivity index (χ0v) is 12.9. The standard InChI is InChI=1S/C17H22N2O3/c1-22-15-9-7-14(8-10-15)17(21)19-12-11-18-16(20)13-5-3-2-4-6-13/h5,7-10H,2-4,6,11-12H2,1H3,(H,18,20)(H,19,21). The van der Waals surface area contributed by atoms with Gasteiger partial charge in [0.1, 0.15) is 5.75 Å². The molecule has 1 aliphatic carbocycles. The number of amides is 2. The topological polar surface area (TPSA) is 67.4 Å². The minimum absolute atomic E-state index is 0.0154. The fourth-order valence-corrected chi connectivity index (χ4v) is 2.35. The van der Waals surface area contributed by atoms with E-state index in [-0.39, 0.29) is 11.8 Å². The fraction of sp³-hybridized carbons (Fsp3) is 0.412. The van der Waals surface area contributed by atoms with Crippen molar-refractivity contribution in [2.75, 3.05) is 20.2 Å². The molecule has 0 unspecified atom stereocenters. The molecule has 1 aromatic rings. The number of hydrogen-bond donors (Lipinski definition) is 2. The molecule has 0 saturated heterocycles. The summed E-state index contributed by atoms with van der Waals surface area (Å²) in [4.78, 5) is 23.8. The predicted octanol–water partition coefficient (Wildman–Crippen LogP) is 2.04. The first-order valence-corrected chi connectivity index (χ1v) is 7.60. The van der Waals surface area contributed by atoms with Crippen LogP contribution >= 0.6 is 0 Å². The normalized spacial score (nSPS) is 14.0. The van der Waals surface area contributed by atoms with Crippen LogP contribution in [-0.4, -0.2) is 32.0 Å². The Morgan fingerprint density at radius 1 is 1.05 bits per heavy atom. The third-order valence-corrected chi connectivity index (χ3v) is 3.63. The highest BCUT2D eigenvalue weighted by molar-refractivity contribution is 5.95. The number of rotatable bonds is 6. The summed E-state index contributed by atoms with van der Waals surface area (Å²) in [6, 6.07) is 6.90. The number of methoxy groups -OCH3 is 1. The van der Waals surface area contributed by atoms with Gasteiger partial charge in [-0.3, -0.25) is 9.59 Å². The second-order valence-corrected chi connectivity index (χ2v) is 5.22. The van der Waals surface area contributed by atoms with Crippen LogP contribution in [0.25, 0.3) is 0 Å². The smallest absolute Gasteiger partial charge is 0.251 e. The van der Waals surface area contributed by atoms with Crippen molar-refractivity contribution in [3.8, 4) is 5.75 Å². The molecule has 0 fully saturated rings. The molecular formula is C17H22N2O3. The summed E-state index contributed by atoms with van der Waals surface area (Å²) in [6.45, 7) is 0.835. The lowest BCUT2D eigenvalue weighted by Crippen LogP contribution is -2.35. The minimum atomic E-state index is -0.159. The van der Waals surface area contributed by atoms with Gasteiger partial charge in [-0.2, -0.15) is 0 Å². The third-order valence-electron chi connectivity index (χ3n) is 3.63. The first kappa shape index (κ1) is 16.1. The second kappa shape index (κ2) is 8.22. The van der Waals surface area contributed by atoms with Gasteiger partial charge in [0.25, 0.3) is 5.91 Å². The molecule has 0 radical (unpaired) electrons. The molecule has 2 rings (SSSR count). The summed E-state index contributed by atoms with van der Waals surface area (Å²) in [5, 5.41) is 5.62. The lowest BCUT2D eigenvalue weighted by Gasteiger charge is -2.13. The van der Waals surface area contributed by atoms with Crippen LogP contribution in [0.15, 0.2) is 35.9 Å². The summed E-state index contributed by atoms with van der Waals surface area (Å²) in [7, 11) is 1.58. The van der Waals surface area contributed by atoms with Crippen molar-refractivity contribution in [2.45, 2.75) is 25.7 Å². The van der Waals surface area contributed by atoms with E-state index in [0.29, 0.717) is 24.4 Å². The van der Waals surface area contributed by atoms with Gasteiger partial charge in [0.05, 0.1) is 7.11 Å². The van der Waals surface area contributed by atoms with Crippen molar-refractivity contribution in [3.05, 3.63) is 41.5 Å². The van der Waals surface area contributed by atoms with Gasteiger partial charge in [-0.1, -0.05) is 6.08 Å². The lowest BCUT2D eigenvalue weighted by atomic mass is 9.99. The maximum atomic E-state index is 11.9. The van der Waals surface area contributed by atoms with Crippen LogP contribution < -0.4 is 15.4 Å². The van der Waals surface area contributed by atoms with Gasteiger partial charge in [0, 0.05) is 24.2 Å². The zero-order chi connectivity index (χ0) is 15.8. The van der Waals surface area contributed by atoms with E-state index in [1.165, 1.54) is 0 Å². The summed E-state index contributed by atoms with van der Waals surface area (Å²) < 4.78 is 5.05. The average Bonchev–Trinajstić information content (AvgIpc) is 2.59. The average molecular weight is 302 g/mol. The van der Waals surface area contributed by atoms with Crippen molar-refractivity contribution in [3.63, 3.8) is 0 Å². The molecule has 0 aromatic heterocycles. The third kappa shape index (κ3) is 4.62. The molecule has 0 heterocycles. The van der Waals surface area contributed by atoms with Gasteiger partial charge in [-0.05, 0) is 49.9 Å². The maximum Gasteiger partial charge on any atom is 0.251 e. The van der Waals surface area contributed by atoms with Crippen LogP contribution in [0.1, 0.15) is 36.0 Å². The molecule has 5 nitrogen and oxygen atoms in total. The molecule has 1 aromatic carbocycles. The number of hydrogen-bond acceptors (Lipinski definition) is 3. The molecule has 1 aliphatic rings. The number of nitrogens with one attached hydrogen (secondary N) is 2. The summed E-state index contributed by atoms with van der Waals surface area (Å²) in [5.74, 6) is 0.539. The van der Waals surface area contributed by atoms with E-state index in [9.17, 15) is 9.59 Å². The van der Waals surface area contributed by atoms with Gasteiger partial charge in [0.15, 0.2) is 0 Å². The van der Waals surface area contributed by atoms with Crippen LogP contribution in [0.2, 0.25) is 0 Å². The van der Waals surface area contributed by atoms with Crippen LogP contribution in [0.4, 0.5) is 0 Å². The molecule has 118 valence electrons. The molecule has 2 amide bonds. The van der Waals surface area contributed by atoms with E-state index in [4.69, 9.17) is 4.74 Å². The van der Waals surface area contributed by atoms with E-state index in [2.05, 4.69) is 10.6 Å². The largest absolute Gasteiger partial charge is 0.497 e. The number of benzene rings is 1. The quantitative estimate of drug-likeness (QED) is 0.790. The maximum absolute atomic E-state index is 11.9. The minimum Gasteiger partial charge on any atom is -0.497 e. The Labute approximate surface area is 130 Å². The number of carbonyl (C=O) groups is 2. The Hall–Kier alpha value is -2.30. The summed E-state index contributed by atoms with van der Waals surface area (Å²) in [6.07, 6.45) is 6.08. The van der Waals surface area contributed by atoms with Gasteiger partial charge >= 0.3 is 0 Å². The first-order chi connectivity index (χ1) is 10.7. The number of ether oxygens (including phenoxy) is 1. The second-order valence-electron chi connectivity index (χ2n) is 5.22. The first-order valence-electron chi connectivity index (χ1n) is 7.60. The molecule has 0 spiro atoms. The van der Waals surface area contributed by atoms with Gasteiger partial charge in [-0.15, -0.1) is 0 Å². The molecule has 0 saturated carbocycles. The van der Waals surface area contributed by atoms with Gasteiger partial charge < -0.3 is 15.4 Å². The van der Waals surface area contributed by atoms with Crippen molar-refractivity contribution in [1.29, 1.82) is 0 Å². The van der Waals surface area contributed by atoms with Crippen molar-refractivity contribution in [1.82, 2.24) is 10.6 Å². The van der Waals surface area contributed by atoms with E-state index in [1.54, 1.807) is 31.4 Å². The number of carbonyl (C=O) groups excluding carboxylic acids is 2. The molecule has 0 bridgehead atoms. The molecular weight excluding hydrogens is 280 g/mol. The highest BCUT2D eigenvalue weighted by Gasteiger charge is 2.11. The van der Waals surface area contributed by atoms with Gasteiger partial charge in [0.2, 0.25) is 5.91 Å². The van der Waals surface area contributed by atoms with Crippen molar-refractivity contribution >= 4 is 11.8 Å². The summed E-state index contributed by atoms with van der Waals surface area (Å²) in [5.41, 5.74) is 1.44. The Morgan fingerprint density at radius 3 is 2.32 bits per heavy atom. The lowest BCUT2D eigenvalue weighted by molar-refractivity contribution is -0.117. The van der Waals surface area contributed by atoms with E-state index in [0.717, 1.165) is 31.3 Å². The van der Waals surface area contributed by atoms with E-state index < -0.39 is 0 Å². The SMILES string of the molecule is COc1ccc(C(=O)NCCNC(=O)C2=CCCCC2)cc1. The van der Waals surface area contributed by atoms with Gasteiger partial charge in [-0.25, -0.2) is 0 Å². The Bertz CT molecular complexity index is 550. The predicted molar refractivity (Wildman–Crippen MR) is 84.9 cm³/mol. The Kier molecular flexibility index (Phi) is 6.01. The highest BCUT2D eigenvalue weighted by atomic mass is 16.5. The van der Waals surface area contributed by atoms with E-state index >= 15 is 0 Å². The molecule has 0 aliphatic heterocycles. The van der Waals surface area contributed by atoms with E-state index in [1.807, 2.05) is 6.08 Å². The molecule has 2 N–H and O–H groups in total. The van der Waals surface area contributed by atoms with Crippen LogP contribution in [0, 0.1) is 0 Å². The number of allylic oxidation sites excluding steroid dienone is 1. The Balaban J connectivity index is 1.70.